The predicted octanol–water partition coefficient (Wildman–Crippen LogP) is 3.79. The van der Waals surface area contributed by atoms with E-state index in [4.69, 9.17) is 38.6 Å². The number of ether oxygens (including phenoxy) is 1. The Morgan fingerprint density at radius 3 is 2.38 bits per heavy atom. The van der Waals surface area contributed by atoms with Crippen LogP contribution in [0.5, 0.6) is 5.75 Å². The van der Waals surface area contributed by atoms with Crippen molar-refractivity contribution in [3.63, 3.8) is 0 Å². The molecule has 1 aliphatic heterocycles. The lowest BCUT2D eigenvalue weighted by molar-refractivity contribution is 0.183. The maximum Gasteiger partial charge on any atom is 0.262 e. The summed E-state index contributed by atoms with van der Waals surface area (Å²) in [5.74, 6) is 0.364. The van der Waals surface area contributed by atoms with E-state index in [2.05, 4.69) is 4.90 Å². The molecule has 0 N–H and O–H groups in total. The first-order chi connectivity index (χ1) is 9.89. The van der Waals surface area contributed by atoms with Gasteiger partial charge < -0.3 is 4.74 Å². The van der Waals surface area contributed by atoms with Crippen molar-refractivity contribution in [1.82, 2.24) is 4.90 Å². The maximum absolute atomic E-state index is 11.3. The Bertz CT molecular complexity index is 601. The summed E-state index contributed by atoms with van der Waals surface area (Å²) in [6.45, 7) is 3.45. The van der Waals surface area contributed by atoms with Crippen LogP contribution in [0.3, 0.4) is 0 Å². The van der Waals surface area contributed by atoms with Gasteiger partial charge >= 0.3 is 0 Å². The molecule has 118 valence electrons. The zero-order valence-electron chi connectivity index (χ0n) is 11.3. The third-order valence-corrected chi connectivity index (χ3v) is 5.73. The molecule has 0 bridgehead atoms. The van der Waals surface area contributed by atoms with Gasteiger partial charge in [0.25, 0.3) is 9.05 Å². The normalized spacial score (nSPS) is 16.9. The number of hydrogen-bond acceptors (Lipinski definition) is 4. The first kappa shape index (κ1) is 17.2. The van der Waals surface area contributed by atoms with Gasteiger partial charge in [0.2, 0.25) is 0 Å². The minimum Gasteiger partial charge on any atom is -0.491 e. The van der Waals surface area contributed by atoms with Crippen LogP contribution in [0.4, 0.5) is 0 Å². The lowest BCUT2D eigenvalue weighted by atomic mass is 10.1. The quantitative estimate of drug-likeness (QED) is 0.738. The van der Waals surface area contributed by atoms with Crippen molar-refractivity contribution in [3.05, 3.63) is 22.2 Å². The van der Waals surface area contributed by atoms with E-state index in [1.54, 1.807) is 0 Å². The Labute approximate surface area is 139 Å². The van der Waals surface area contributed by atoms with Crippen LogP contribution in [-0.4, -0.2) is 39.6 Å². The molecule has 0 saturated carbocycles. The van der Waals surface area contributed by atoms with Crippen molar-refractivity contribution >= 4 is 42.9 Å². The minimum atomic E-state index is -3.92. The molecule has 1 aliphatic rings. The molecule has 0 unspecified atom stereocenters. The number of nitrogens with zero attached hydrogens (tertiary/aromatic N) is 1. The third-order valence-electron chi connectivity index (χ3n) is 3.39. The Morgan fingerprint density at radius 1 is 1.10 bits per heavy atom. The monoisotopic (exact) mass is 371 g/mol. The first-order valence-electron chi connectivity index (χ1n) is 6.67. The molecule has 0 amide bonds. The van der Waals surface area contributed by atoms with Gasteiger partial charge in [-0.2, -0.15) is 0 Å². The summed E-state index contributed by atoms with van der Waals surface area (Å²) in [5.41, 5.74) is 0. The van der Waals surface area contributed by atoms with Gasteiger partial charge in [-0.1, -0.05) is 29.6 Å². The van der Waals surface area contributed by atoms with E-state index in [-0.39, 0.29) is 14.9 Å². The van der Waals surface area contributed by atoms with Crippen molar-refractivity contribution in [1.29, 1.82) is 0 Å². The van der Waals surface area contributed by atoms with Crippen molar-refractivity contribution in [2.24, 2.45) is 0 Å². The number of halogens is 3. The zero-order valence-corrected chi connectivity index (χ0v) is 14.4. The minimum absolute atomic E-state index is 0.0667. The Kier molecular flexibility index (Phi) is 6.03. The van der Waals surface area contributed by atoms with Crippen molar-refractivity contribution < 1.29 is 13.2 Å². The van der Waals surface area contributed by atoms with Gasteiger partial charge in [0.15, 0.2) is 0 Å². The van der Waals surface area contributed by atoms with Gasteiger partial charge in [-0.25, -0.2) is 8.42 Å². The molecule has 1 heterocycles. The number of benzene rings is 1. The fraction of sp³-hybridized carbons (Fsp3) is 0.538. The van der Waals surface area contributed by atoms with Crippen LogP contribution in [0.1, 0.15) is 19.3 Å². The van der Waals surface area contributed by atoms with Crippen LogP contribution in [0.15, 0.2) is 17.0 Å². The second kappa shape index (κ2) is 7.38. The molecule has 0 radical (unpaired) electrons. The molecule has 1 aromatic rings. The van der Waals surface area contributed by atoms with Gasteiger partial charge in [0, 0.05) is 17.2 Å². The highest BCUT2D eigenvalue weighted by Gasteiger charge is 2.20. The van der Waals surface area contributed by atoms with E-state index in [1.165, 1.54) is 31.4 Å². The summed E-state index contributed by atoms with van der Waals surface area (Å²) in [5, 5.41) is -0.0424. The van der Waals surface area contributed by atoms with E-state index >= 15 is 0 Å². The molecule has 1 fully saturated rings. The van der Waals surface area contributed by atoms with Gasteiger partial charge in [0.1, 0.15) is 22.3 Å². The van der Waals surface area contributed by atoms with Gasteiger partial charge in [-0.05, 0) is 38.1 Å². The molecular formula is C13H16Cl3NO3S. The highest BCUT2D eigenvalue weighted by molar-refractivity contribution is 8.13. The SMILES string of the molecule is O=S(=O)(Cl)c1ccc(OCCN2CCCCC2)c(Cl)c1Cl. The molecule has 21 heavy (non-hydrogen) atoms. The lowest BCUT2D eigenvalue weighted by Gasteiger charge is -2.26. The van der Waals surface area contributed by atoms with Crippen molar-refractivity contribution in [3.8, 4) is 5.75 Å². The van der Waals surface area contributed by atoms with Crippen LogP contribution < -0.4 is 4.74 Å². The zero-order chi connectivity index (χ0) is 15.5. The molecule has 8 heteroatoms. The molecule has 0 aliphatic carbocycles. The maximum atomic E-state index is 11.3. The van der Waals surface area contributed by atoms with Crippen molar-refractivity contribution in [2.75, 3.05) is 26.2 Å². The molecular weight excluding hydrogens is 357 g/mol. The van der Waals surface area contributed by atoms with Gasteiger partial charge in [0.05, 0.1) is 5.02 Å². The standard InChI is InChI=1S/C13H16Cl3NO3S/c14-12-10(4-5-11(13(12)15)21(16,18)19)20-9-8-17-6-2-1-3-7-17/h4-5H,1-3,6-9H2. The summed E-state index contributed by atoms with van der Waals surface area (Å²) >= 11 is 12.0. The Morgan fingerprint density at radius 2 is 1.76 bits per heavy atom. The lowest BCUT2D eigenvalue weighted by Crippen LogP contribution is -2.33. The molecule has 1 saturated heterocycles. The second-order valence-corrected chi connectivity index (χ2v) is 8.17. The number of rotatable bonds is 5. The highest BCUT2D eigenvalue weighted by Crippen LogP contribution is 2.37. The Hall–Kier alpha value is -0.200. The Balaban J connectivity index is 1.99. The topological polar surface area (TPSA) is 46.6 Å². The van der Waals surface area contributed by atoms with Crippen LogP contribution in [0.2, 0.25) is 10.0 Å². The average Bonchev–Trinajstić information content (AvgIpc) is 2.43. The summed E-state index contributed by atoms with van der Waals surface area (Å²) < 4.78 is 28.2. The van der Waals surface area contributed by atoms with E-state index in [9.17, 15) is 8.42 Å². The van der Waals surface area contributed by atoms with Crippen LogP contribution in [-0.2, 0) is 9.05 Å². The number of hydrogen-bond donors (Lipinski definition) is 0. The third kappa shape index (κ3) is 4.63. The van der Waals surface area contributed by atoms with Gasteiger partial charge in [-0.15, -0.1) is 0 Å². The molecule has 1 aromatic carbocycles. The van der Waals surface area contributed by atoms with Crippen LogP contribution in [0, 0.1) is 0 Å². The predicted molar refractivity (Wildman–Crippen MR) is 85.3 cm³/mol. The van der Waals surface area contributed by atoms with E-state index in [1.807, 2.05) is 0 Å². The average molecular weight is 373 g/mol. The number of likely N-dealkylation sites (tertiary alicyclic amines) is 1. The second-order valence-electron chi connectivity index (χ2n) is 4.88. The smallest absolute Gasteiger partial charge is 0.262 e. The highest BCUT2D eigenvalue weighted by atomic mass is 35.7. The number of piperidine rings is 1. The molecule has 0 aromatic heterocycles. The molecule has 2 rings (SSSR count). The first-order valence-corrected chi connectivity index (χ1v) is 9.74. The summed E-state index contributed by atoms with van der Waals surface area (Å²) in [6.07, 6.45) is 3.72. The fourth-order valence-electron chi connectivity index (χ4n) is 2.28. The van der Waals surface area contributed by atoms with E-state index in [0.717, 1.165) is 19.6 Å². The summed E-state index contributed by atoms with van der Waals surface area (Å²) in [6, 6.07) is 2.77. The van der Waals surface area contributed by atoms with E-state index < -0.39 is 9.05 Å². The summed E-state index contributed by atoms with van der Waals surface area (Å²) in [4.78, 5) is 2.12. The van der Waals surface area contributed by atoms with Crippen molar-refractivity contribution in [2.45, 2.75) is 24.2 Å². The van der Waals surface area contributed by atoms with E-state index in [0.29, 0.717) is 12.4 Å². The fourth-order valence-corrected chi connectivity index (χ4v) is 4.07. The van der Waals surface area contributed by atoms with Crippen LogP contribution >= 0.6 is 33.9 Å². The molecule has 0 atom stereocenters. The largest absolute Gasteiger partial charge is 0.491 e. The van der Waals surface area contributed by atoms with Gasteiger partial charge in [-0.3, -0.25) is 4.90 Å². The van der Waals surface area contributed by atoms with Crippen LogP contribution in [0.25, 0.3) is 0 Å². The molecule has 0 spiro atoms. The molecule has 4 nitrogen and oxygen atoms in total. The summed E-state index contributed by atoms with van der Waals surface area (Å²) in [7, 11) is 1.36.